The number of nitrogens with zero attached hydrogens (tertiary/aromatic N) is 4. The van der Waals surface area contributed by atoms with Crippen molar-refractivity contribution in [2.75, 3.05) is 33.0 Å². The maximum Gasteiger partial charge on any atom is 0.222 e. The lowest BCUT2D eigenvalue weighted by Gasteiger charge is -2.07. The van der Waals surface area contributed by atoms with Gasteiger partial charge < -0.3 is 20.5 Å². The molecule has 3 N–H and O–H groups in total. The molecular formula is C17H24N6O3. The molecule has 0 bridgehead atoms. The van der Waals surface area contributed by atoms with E-state index in [9.17, 15) is 4.79 Å². The largest absolute Gasteiger partial charge is 0.379 e. The summed E-state index contributed by atoms with van der Waals surface area (Å²) in [4.78, 5) is 11.8. The van der Waals surface area contributed by atoms with Crippen molar-refractivity contribution in [1.29, 1.82) is 0 Å². The number of nitrogens with two attached hydrogens (primary N) is 1. The number of aromatic nitrogens is 4. The van der Waals surface area contributed by atoms with Gasteiger partial charge in [-0.2, -0.15) is 0 Å². The molecule has 9 nitrogen and oxygen atoms in total. The highest BCUT2D eigenvalue weighted by Crippen LogP contribution is 2.13. The van der Waals surface area contributed by atoms with E-state index in [1.807, 2.05) is 24.3 Å². The van der Waals surface area contributed by atoms with Crippen molar-refractivity contribution in [2.24, 2.45) is 5.73 Å². The molecule has 0 saturated carbocycles. The molecule has 0 unspecified atom stereocenters. The SMILES string of the molecule is Cc1nnc(-c2ccc(CNC(=O)CCOCCOCCN)cc2)nn1. The third-order valence-electron chi connectivity index (χ3n) is 3.39. The molecule has 0 saturated heterocycles. The monoisotopic (exact) mass is 360 g/mol. The van der Waals surface area contributed by atoms with E-state index >= 15 is 0 Å². The smallest absolute Gasteiger partial charge is 0.222 e. The van der Waals surface area contributed by atoms with Gasteiger partial charge in [0.05, 0.1) is 26.4 Å². The zero-order chi connectivity index (χ0) is 18.6. The van der Waals surface area contributed by atoms with Crippen LogP contribution in [-0.2, 0) is 20.8 Å². The van der Waals surface area contributed by atoms with Crippen LogP contribution in [-0.4, -0.2) is 59.3 Å². The Kier molecular flexibility index (Phi) is 8.53. The van der Waals surface area contributed by atoms with Gasteiger partial charge in [0.25, 0.3) is 0 Å². The Bertz CT molecular complexity index is 663. The highest BCUT2D eigenvalue weighted by molar-refractivity contribution is 5.75. The van der Waals surface area contributed by atoms with Crippen LogP contribution in [0.25, 0.3) is 11.4 Å². The van der Waals surface area contributed by atoms with Gasteiger partial charge in [0.1, 0.15) is 0 Å². The second-order valence-corrected chi connectivity index (χ2v) is 5.51. The average molecular weight is 360 g/mol. The van der Waals surface area contributed by atoms with Gasteiger partial charge in [0, 0.05) is 25.1 Å². The quantitative estimate of drug-likeness (QED) is 0.546. The minimum atomic E-state index is -0.0628. The molecule has 1 aromatic heterocycles. The Morgan fingerprint density at radius 3 is 2.31 bits per heavy atom. The van der Waals surface area contributed by atoms with Gasteiger partial charge in [0.2, 0.25) is 11.7 Å². The van der Waals surface area contributed by atoms with Crippen molar-refractivity contribution < 1.29 is 14.3 Å². The predicted molar refractivity (Wildman–Crippen MR) is 95.0 cm³/mol. The molecule has 0 aliphatic carbocycles. The van der Waals surface area contributed by atoms with E-state index in [1.54, 1.807) is 6.92 Å². The molecule has 2 aromatic rings. The third kappa shape index (κ3) is 7.18. The number of amides is 1. The second-order valence-electron chi connectivity index (χ2n) is 5.51. The highest BCUT2D eigenvalue weighted by atomic mass is 16.5. The van der Waals surface area contributed by atoms with Gasteiger partial charge in [-0.25, -0.2) is 0 Å². The fourth-order valence-corrected chi connectivity index (χ4v) is 2.03. The lowest BCUT2D eigenvalue weighted by atomic mass is 10.1. The van der Waals surface area contributed by atoms with Crippen molar-refractivity contribution in [3.05, 3.63) is 35.7 Å². The molecule has 26 heavy (non-hydrogen) atoms. The first-order valence-corrected chi connectivity index (χ1v) is 8.44. The first-order valence-electron chi connectivity index (χ1n) is 8.44. The molecule has 1 heterocycles. The number of aryl methyl sites for hydroxylation is 1. The van der Waals surface area contributed by atoms with Gasteiger partial charge in [-0.05, 0) is 12.5 Å². The van der Waals surface area contributed by atoms with Gasteiger partial charge in [0.15, 0.2) is 5.82 Å². The number of carbonyl (C=O) groups is 1. The number of nitrogens with one attached hydrogen (secondary N) is 1. The van der Waals surface area contributed by atoms with Crippen molar-refractivity contribution in [3.63, 3.8) is 0 Å². The van der Waals surface area contributed by atoms with E-state index in [-0.39, 0.29) is 5.91 Å². The van der Waals surface area contributed by atoms with Crippen LogP contribution in [0, 0.1) is 6.92 Å². The molecule has 1 amide bonds. The molecule has 140 valence electrons. The van der Waals surface area contributed by atoms with Crippen LogP contribution in [0.1, 0.15) is 17.8 Å². The molecule has 0 fully saturated rings. The number of carbonyl (C=O) groups excluding carboxylic acids is 1. The number of hydrogen-bond donors (Lipinski definition) is 2. The van der Waals surface area contributed by atoms with Crippen LogP contribution in [0.2, 0.25) is 0 Å². The summed E-state index contributed by atoms with van der Waals surface area (Å²) in [6.45, 7) is 4.50. The fourth-order valence-electron chi connectivity index (χ4n) is 2.03. The highest BCUT2D eigenvalue weighted by Gasteiger charge is 2.05. The minimum Gasteiger partial charge on any atom is -0.379 e. The van der Waals surface area contributed by atoms with Crippen LogP contribution < -0.4 is 11.1 Å². The Balaban J connectivity index is 1.66. The summed E-state index contributed by atoms with van der Waals surface area (Å²) < 4.78 is 10.5. The first kappa shape index (κ1) is 19.8. The van der Waals surface area contributed by atoms with Gasteiger partial charge in [-0.1, -0.05) is 24.3 Å². The molecule has 0 atom stereocenters. The van der Waals surface area contributed by atoms with E-state index in [1.165, 1.54) is 0 Å². The maximum atomic E-state index is 11.8. The summed E-state index contributed by atoms with van der Waals surface area (Å²) in [5, 5.41) is 18.6. The van der Waals surface area contributed by atoms with Crippen LogP contribution in [0.5, 0.6) is 0 Å². The molecule has 0 spiro atoms. The lowest BCUT2D eigenvalue weighted by molar-refractivity contribution is -0.122. The van der Waals surface area contributed by atoms with Crippen LogP contribution >= 0.6 is 0 Å². The van der Waals surface area contributed by atoms with E-state index in [4.69, 9.17) is 15.2 Å². The molecule has 9 heteroatoms. The summed E-state index contributed by atoms with van der Waals surface area (Å²) in [6.07, 6.45) is 0.309. The zero-order valence-corrected chi connectivity index (χ0v) is 14.9. The number of benzene rings is 1. The van der Waals surface area contributed by atoms with Crippen molar-refractivity contribution in [2.45, 2.75) is 19.9 Å². The maximum absolute atomic E-state index is 11.8. The Morgan fingerprint density at radius 1 is 1.00 bits per heavy atom. The second kappa shape index (κ2) is 11.2. The summed E-state index contributed by atoms with van der Waals surface area (Å²) in [7, 11) is 0. The zero-order valence-electron chi connectivity index (χ0n) is 14.9. The van der Waals surface area contributed by atoms with E-state index in [0.29, 0.717) is 57.6 Å². The first-order chi connectivity index (χ1) is 12.7. The standard InChI is InChI=1S/C17H24N6O3/c1-13-20-22-17(23-21-13)15-4-2-14(3-5-15)12-19-16(24)6-8-25-10-11-26-9-7-18/h2-5H,6-12,18H2,1H3,(H,19,24). The average Bonchev–Trinajstić information content (AvgIpc) is 2.67. The van der Waals surface area contributed by atoms with Gasteiger partial charge in [-0.15, -0.1) is 20.4 Å². The molecule has 2 rings (SSSR count). The lowest BCUT2D eigenvalue weighted by Crippen LogP contribution is -2.24. The van der Waals surface area contributed by atoms with Crippen molar-refractivity contribution in [3.8, 4) is 11.4 Å². The molecular weight excluding hydrogens is 336 g/mol. The summed E-state index contributed by atoms with van der Waals surface area (Å²) in [6, 6.07) is 7.56. The molecule has 1 aromatic carbocycles. The van der Waals surface area contributed by atoms with Crippen molar-refractivity contribution in [1.82, 2.24) is 25.7 Å². The topological polar surface area (TPSA) is 125 Å². The third-order valence-corrected chi connectivity index (χ3v) is 3.39. The number of hydrogen-bond acceptors (Lipinski definition) is 8. The molecule has 0 aliphatic heterocycles. The van der Waals surface area contributed by atoms with E-state index in [0.717, 1.165) is 11.1 Å². The summed E-state index contributed by atoms with van der Waals surface area (Å²) in [5.41, 5.74) is 7.11. The molecule has 0 aliphatic rings. The predicted octanol–water partition coefficient (Wildman–Crippen LogP) is 0.240. The van der Waals surface area contributed by atoms with Crippen LogP contribution in [0.15, 0.2) is 24.3 Å². The summed E-state index contributed by atoms with van der Waals surface area (Å²) in [5.74, 6) is 0.936. The normalized spacial score (nSPS) is 10.7. The van der Waals surface area contributed by atoms with Crippen molar-refractivity contribution >= 4 is 5.91 Å². The van der Waals surface area contributed by atoms with Gasteiger partial charge >= 0.3 is 0 Å². The number of ether oxygens (including phenoxy) is 2. The molecule has 0 radical (unpaired) electrons. The fraction of sp³-hybridized carbons (Fsp3) is 0.471. The van der Waals surface area contributed by atoms with E-state index < -0.39 is 0 Å². The van der Waals surface area contributed by atoms with Crippen LogP contribution in [0.4, 0.5) is 0 Å². The van der Waals surface area contributed by atoms with Crippen LogP contribution in [0.3, 0.4) is 0 Å². The Hall–Kier alpha value is -2.49. The summed E-state index contributed by atoms with van der Waals surface area (Å²) >= 11 is 0. The minimum absolute atomic E-state index is 0.0628. The van der Waals surface area contributed by atoms with E-state index in [2.05, 4.69) is 25.7 Å². The Labute approximate surface area is 152 Å². The van der Waals surface area contributed by atoms with Gasteiger partial charge in [-0.3, -0.25) is 4.79 Å². The Morgan fingerprint density at radius 2 is 1.65 bits per heavy atom. The number of rotatable bonds is 11.